The third kappa shape index (κ3) is 3.29. The van der Waals surface area contributed by atoms with Crippen molar-refractivity contribution in [1.29, 1.82) is 0 Å². The Morgan fingerprint density at radius 2 is 1.83 bits per heavy atom. The number of benzene rings is 2. The maximum Gasteiger partial charge on any atom is 0.261 e. The van der Waals surface area contributed by atoms with Gasteiger partial charge in [-0.25, -0.2) is 9.97 Å². The fraction of sp³-hybridized carbons (Fsp3) is 0.261. The molecule has 0 atom stereocenters. The van der Waals surface area contributed by atoms with Crippen LogP contribution in [0.1, 0.15) is 30.0 Å². The topological polar surface area (TPSA) is 57.0 Å². The van der Waals surface area contributed by atoms with Crippen LogP contribution in [0.25, 0.3) is 21.7 Å². The number of ether oxygens (including phenoxy) is 1. The van der Waals surface area contributed by atoms with Crippen molar-refractivity contribution in [2.45, 2.75) is 25.3 Å². The second kappa shape index (κ2) is 7.37. The molecule has 1 aliphatic heterocycles. The van der Waals surface area contributed by atoms with Crippen LogP contribution in [0.15, 0.2) is 59.8 Å². The molecule has 0 radical (unpaired) electrons. The summed E-state index contributed by atoms with van der Waals surface area (Å²) >= 11 is 0. The summed E-state index contributed by atoms with van der Waals surface area (Å²) in [4.78, 5) is 21.6. The van der Waals surface area contributed by atoms with Crippen molar-refractivity contribution < 1.29 is 9.13 Å². The third-order valence-corrected chi connectivity index (χ3v) is 5.65. The largest absolute Gasteiger partial charge is 0.381 e. The SMILES string of the molecule is O=c1c2cc(Cc3ccnc(F)c3)c3ccccc3c2ncn1C1CCOCC1. The predicted molar refractivity (Wildman–Crippen MR) is 110 cm³/mol. The maximum atomic E-state index is 13.6. The van der Waals surface area contributed by atoms with Crippen molar-refractivity contribution in [1.82, 2.24) is 14.5 Å². The Labute approximate surface area is 166 Å². The smallest absolute Gasteiger partial charge is 0.261 e. The lowest BCUT2D eigenvalue weighted by molar-refractivity contribution is 0.0685. The molecule has 1 fully saturated rings. The predicted octanol–water partition coefficient (Wildman–Crippen LogP) is 4.03. The molecule has 29 heavy (non-hydrogen) atoms. The van der Waals surface area contributed by atoms with Gasteiger partial charge < -0.3 is 4.74 Å². The van der Waals surface area contributed by atoms with Crippen molar-refractivity contribution in [3.05, 3.63) is 82.4 Å². The second-order valence-electron chi connectivity index (χ2n) is 7.44. The quantitative estimate of drug-likeness (QED) is 0.392. The summed E-state index contributed by atoms with van der Waals surface area (Å²) in [6.07, 6.45) is 5.27. The maximum absolute atomic E-state index is 13.6. The van der Waals surface area contributed by atoms with E-state index in [1.165, 1.54) is 12.3 Å². The molecule has 0 saturated carbocycles. The lowest BCUT2D eigenvalue weighted by Crippen LogP contribution is -2.29. The lowest BCUT2D eigenvalue weighted by Gasteiger charge is -2.24. The van der Waals surface area contributed by atoms with Crippen molar-refractivity contribution in [3.63, 3.8) is 0 Å². The zero-order valence-electron chi connectivity index (χ0n) is 15.8. The molecular formula is C23H20FN3O2. The first-order valence-electron chi connectivity index (χ1n) is 9.80. The van der Waals surface area contributed by atoms with E-state index in [4.69, 9.17) is 4.74 Å². The van der Waals surface area contributed by atoms with Crippen LogP contribution in [0.3, 0.4) is 0 Å². The number of nitrogens with zero attached hydrogens (tertiary/aromatic N) is 3. The van der Waals surface area contributed by atoms with E-state index in [0.29, 0.717) is 30.5 Å². The molecule has 5 nitrogen and oxygen atoms in total. The van der Waals surface area contributed by atoms with Crippen LogP contribution in [0.2, 0.25) is 0 Å². The van der Waals surface area contributed by atoms with E-state index in [1.807, 2.05) is 30.3 Å². The molecule has 146 valence electrons. The van der Waals surface area contributed by atoms with Crippen LogP contribution in [-0.2, 0) is 11.2 Å². The average Bonchev–Trinajstić information content (AvgIpc) is 2.75. The van der Waals surface area contributed by atoms with Gasteiger partial charge in [-0.15, -0.1) is 0 Å². The molecule has 0 bridgehead atoms. The Morgan fingerprint density at radius 3 is 2.62 bits per heavy atom. The van der Waals surface area contributed by atoms with Crippen molar-refractivity contribution in [2.75, 3.05) is 13.2 Å². The standard InChI is InChI=1S/C23H20FN3O2/c24-21-12-15(5-8-25-21)11-16-13-20-22(19-4-2-1-3-18(16)19)26-14-27(23(20)28)17-6-9-29-10-7-17/h1-5,8,12-14,17H,6-7,9-11H2. The summed E-state index contributed by atoms with van der Waals surface area (Å²) in [7, 11) is 0. The van der Waals surface area contributed by atoms with Crippen LogP contribution in [-0.4, -0.2) is 27.7 Å². The van der Waals surface area contributed by atoms with Crippen molar-refractivity contribution in [3.8, 4) is 0 Å². The van der Waals surface area contributed by atoms with E-state index in [0.717, 1.165) is 34.7 Å². The molecule has 0 aliphatic carbocycles. The first-order valence-corrected chi connectivity index (χ1v) is 9.80. The number of hydrogen-bond donors (Lipinski definition) is 0. The molecule has 0 N–H and O–H groups in total. The van der Waals surface area contributed by atoms with E-state index >= 15 is 0 Å². The van der Waals surface area contributed by atoms with E-state index in [1.54, 1.807) is 17.0 Å². The summed E-state index contributed by atoms with van der Waals surface area (Å²) in [6, 6.07) is 13.2. The monoisotopic (exact) mass is 389 g/mol. The molecule has 2 aromatic carbocycles. The normalized spacial score (nSPS) is 15.2. The minimum atomic E-state index is -0.504. The minimum Gasteiger partial charge on any atom is -0.381 e. The molecule has 1 saturated heterocycles. The molecule has 3 heterocycles. The molecule has 6 heteroatoms. The Kier molecular flexibility index (Phi) is 4.56. The van der Waals surface area contributed by atoms with Gasteiger partial charge in [0.25, 0.3) is 5.56 Å². The van der Waals surface area contributed by atoms with Gasteiger partial charge in [0, 0.05) is 30.8 Å². The van der Waals surface area contributed by atoms with Gasteiger partial charge in [0.2, 0.25) is 5.95 Å². The summed E-state index contributed by atoms with van der Waals surface area (Å²) in [5, 5.41) is 2.56. The fourth-order valence-electron chi connectivity index (χ4n) is 4.19. The highest BCUT2D eigenvalue weighted by atomic mass is 19.1. The fourth-order valence-corrected chi connectivity index (χ4v) is 4.19. The first-order chi connectivity index (χ1) is 14.2. The average molecular weight is 389 g/mol. The van der Waals surface area contributed by atoms with Crippen molar-refractivity contribution in [2.24, 2.45) is 0 Å². The van der Waals surface area contributed by atoms with Crippen LogP contribution in [0, 0.1) is 5.95 Å². The summed E-state index contributed by atoms with van der Waals surface area (Å²) in [6.45, 7) is 1.32. The summed E-state index contributed by atoms with van der Waals surface area (Å²) in [5.74, 6) is -0.504. The lowest BCUT2D eigenvalue weighted by atomic mass is 9.96. The number of aromatic nitrogens is 3. The third-order valence-electron chi connectivity index (χ3n) is 5.65. The van der Waals surface area contributed by atoms with Gasteiger partial charge in [0.05, 0.1) is 17.2 Å². The van der Waals surface area contributed by atoms with Gasteiger partial charge >= 0.3 is 0 Å². The van der Waals surface area contributed by atoms with Crippen LogP contribution in [0.4, 0.5) is 4.39 Å². The van der Waals surface area contributed by atoms with Gasteiger partial charge in [-0.3, -0.25) is 9.36 Å². The minimum absolute atomic E-state index is 0.0326. The number of fused-ring (bicyclic) bond motifs is 3. The Bertz CT molecular complexity index is 1260. The van der Waals surface area contributed by atoms with E-state index < -0.39 is 5.95 Å². The highest BCUT2D eigenvalue weighted by Gasteiger charge is 2.19. The van der Waals surface area contributed by atoms with Gasteiger partial charge in [-0.1, -0.05) is 24.3 Å². The second-order valence-corrected chi connectivity index (χ2v) is 7.44. The summed E-state index contributed by atoms with van der Waals surface area (Å²) in [5.41, 5.74) is 2.46. The molecule has 0 spiro atoms. The van der Waals surface area contributed by atoms with Gasteiger partial charge in [-0.05, 0) is 54.0 Å². The molecule has 5 rings (SSSR count). The van der Waals surface area contributed by atoms with Crippen LogP contribution >= 0.6 is 0 Å². The highest BCUT2D eigenvalue weighted by molar-refractivity contribution is 6.06. The van der Waals surface area contributed by atoms with E-state index in [9.17, 15) is 9.18 Å². The number of rotatable bonds is 3. The summed E-state index contributed by atoms with van der Waals surface area (Å²) < 4.78 is 20.8. The molecule has 0 amide bonds. The molecule has 1 aliphatic rings. The van der Waals surface area contributed by atoms with E-state index in [2.05, 4.69) is 9.97 Å². The highest BCUT2D eigenvalue weighted by Crippen LogP contribution is 2.28. The Hall–Kier alpha value is -3.12. The Morgan fingerprint density at radius 1 is 1.03 bits per heavy atom. The molecule has 2 aromatic heterocycles. The van der Waals surface area contributed by atoms with Gasteiger partial charge in [-0.2, -0.15) is 4.39 Å². The Balaban J connectivity index is 1.71. The number of halogens is 1. The zero-order valence-corrected chi connectivity index (χ0v) is 15.8. The first kappa shape index (κ1) is 17.9. The van der Waals surface area contributed by atoms with E-state index in [-0.39, 0.29) is 11.6 Å². The number of hydrogen-bond acceptors (Lipinski definition) is 4. The van der Waals surface area contributed by atoms with Crippen LogP contribution in [0.5, 0.6) is 0 Å². The van der Waals surface area contributed by atoms with Crippen LogP contribution < -0.4 is 5.56 Å². The van der Waals surface area contributed by atoms with Gasteiger partial charge in [0.1, 0.15) is 0 Å². The van der Waals surface area contributed by atoms with Gasteiger partial charge in [0.15, 0.2) is 0 Å². The molecular weight excluding hydrogens is 369 g/mol. The molecule has 4 aromatic rings. The zero-order chi connectivity index (χ0) is 19.8. The number of pyridine rings is 1. The van der Waals surface area contributed by atoms with Crippen molar-refractivity contribution >= 4 is 21.7 Å². The molecule has 0 unspecified atom stereocenters.